The Morgan fingerprint density at radius 1 is 0.767 bits per heavy atom. The van der Waals surface area contributed by atoms with Crippen LogP contribution in [0.5, 0.6) is 0 Å². The minimum atomic E-state index is -0.477. The second-order valence-corrected chi connectivity index (χ2v) is 5.70. The standard InChI is InChI=1S/C18H14N8O4/c27-25(28)15-5-1-13(2-6-15)11-20-23-17-9-10-19-18(22-17)24-21-12-14-3-7-16(8-4-14)26(29)30/h1-12H,(H2,19,22,23,24)/b20-11+,21-12+. The number of nitro benzene ring substituents is 2. The van der Waals surface area contributed by atoms with E-state index >= 15 is 0 Å². The molecule has 30 heavy (non-hydrogen) atoms. The number of anilines is 2. The molecular formula is C18H14N8O4. The summed E-state index contributed by atoms with van der Waals surface area (Å²) >= 11 is 0. The number of benzene rings is 2. The van der Waals surface area contributed by atoms with Crippen LogP contribution in [0.3, 0.4) is 0 Å². The highest BCUT2D eigenvalue weighted by molar-refractivity contribution is 5.81. The van der Waals surface area contributed by atoms with Crippen LogP contribution in [0.25, 0.3) is 0 Å². The van der Waals surface area contributed by atoms with Crippen molar-refractivity contribution in [1.29, 1.82) is 0 Å². The number of aromatic nitrogens is 2. The molecule has 12 nitrogen and oxygen atoms in total. The van der Waals surface area contributed by atoms with Crippen molar-refractivity contribution >= 4 is 35.6 Å². The summed E-state index contributed by atoms with van der Waals surface area (Å²) in [5, 5.41) is 29.3. The molecule has 0 radical (unpaired) electrons. The topological polar surface area (TPSA) is 161 Å². The summed E-state index contributed by atoms with van der Waals surface area (Å²) in [5.74, 6) is 0.611. The summed E-state index contributed by atoms with van der Waals surface area (Å²) in [6.07, 6.45) is 4.46. The molecule has 1 aromatic heterocycles. The molecule has 2 N–H and O–H groups in total. The van der Waals surface area contributed by atoms with Crippen molar-refractivity contribution in [1.82, 2.24) is 9.97 Å². The molecule has 0 saturated heterocycles. The fourth-order valence-corrected chi connectivity index (χ4v) is 2.18. The average molecular weight is 406 g/mol. The van der Waals surface area contributed by atoms with Gasteiger partial charge in [-0.3, -0.25) is 25.7 Å². The van der Waals surface area contributed by atoms with Gasteiger partial charge in [0.05, 0.1) is 22.3 Å². The van der Waals surface area contributed by atoms with E-state index in [-0.39, 0.29) is 17.3 Å². The minimum absolute atomic E-state index is 0.000839. The predicted octanol–water partition coefficient (Wildman–Crippen LogP) is 3.19. The van der Waals surface area contributed by atoms with Crippen molar-refractivity contribution in [2.75, 3.05) is 10.9 Å². The summed E-state index contributed by atoms with van der Waals surface area (Å²) in [7, 11) is 0. The largest absolute Gasteiger partial charge is 0.269 e. The molecule has 0 amide bonds. The van der Waals surface area contributed by atoms with Gasteiger partial charge in [-0.2, -0.15) is 15.2 Å². The van der Waals surface area contributed by atoms with Gasteiger partial charge in [0.15, 0.2) is 5.82 Å². The molecule has 0 spiro atoms. The van der Waals surface area contributed by atoms with Crippen LogP contribution in [-0.4, -0.2) is 32.2 Å². The molecular weight excluding hydrogens is 392 g/mol. The highest BCUT2D eigenvalue weighted by atomic mass is 16.6. The van der Waals surface area contributed by atoms with Gasteiger partial charge in [0.1, 0.15) is 0 Å². The Balaban J connectivity index is 1.56. The SMILES string of the molecule is O=[N+]([O-])c1ccc(/C=N/Nc2ccnc(N/N=C/c3ccc([N+](=O)[O-])cc3)n2)cc1. The summed E-state index contributed by atoms with van der Waals surface area (Å²) in [4.78, 5) is 28.5. The molecule has 150 valence electrons. The van der Waals surface area contributed by atoms with Crippen molar-refractivity contribution in [2.45, 2.75) is 0 Å². The third kappa shape index (κ3) is 5.63. The number of nitrogens with zero attached hydrogens (tertiary/aromatic N) is 6. The Morgan fingerprint density at radius 3 is 1.77 bits per heavy atom. The molecule has 0 unspecified atom stereocenters. The fraction of sp³-hybridized carbons (Fsp3) is 0. The van der Waals surface area contributed by atoms with Gasteiger partial charge in [-0.05, 0) is 35.4 Å². The van der Waals surface area contributed by atoms with Gasteiger partial charge in [0, 0.05) is 36.5 Å². The first-order chi connectivity index (χ1) is 14.5. The van der Waals surface area contributed by atoms with Crippen molar-refractivity contribution in [3.63, 3.8) is 0 Å². The molecule has 0 aliphatic carbocycles. The smallest absolute Gasteiger partial charge is 0.261 e. The molecule has 12 heteroatoms. The van der Waals surface area contributed by atoms with Gasteiger partial charge in [0.25, 0.3) is 11.4 Å². The third-order valence-electron chi connectivity index (χ3n) is 3.63. The van der Waals surface area contributed by atoms with Gasteiger partial charge < -0.3 is 0 Å². The Kier molecular flexibility index (Phi) is 6.30. The molecule has 1 heterocycles. The lowest BCUT2D eigenvalue weighted by Gasteiger charge is -2.02. The van der Waals surface area contributed by atoms with E-state index in [0.717, 1.165) is 0 Å². The normalized spacial score (nSPS) is 10.9. The molecule has 0 saturated carbocycles. The van der Waals surface area contributed by atoms with Crippen LogP contribution < -0.4 is 10.9 Å². The van der Waals surface area contributed by atoms with E-state index in [4.69, 9.17) is 0 Å². The Hall–Kier alpha value is -4.74. The molecule has 2 aromatic carbocycles. The second-order valence-electron chi connectivity index (χ2n) is 5.70. The first-order valence-electron chi connectivity index (χ1n) is 8.41. The van der Waals surface area contributed by atoms with E-state index < -0.39 is 9.85 Å². The molecule has 3 aromatic rings. The number of nitro groups is 2. The highest BCUT2D eigenvalue weighted by Crippen LogP contribution is 2.12. The van der Waals surface area contributed by atoms with Crippen molar-refractivity contribution < 1.29 is 9.85 Å². The highest BCUT2D eigenvalue weighted by Gasteiger charge is 2.03. The van der Waals surface area contributed by atoms with Gasteiger partial charge >= 0.3 is 0 Å². The van der Waals surface area contributed by atoms with Crippen LogP contribution in [0.1, 0.15) is 11.1 Å². The van der Waals surface area contributed by atoms with Gasteiger partial charge in [-0.25, -0.2) is 10.4 Å². The fourth-order valence-electron chi connectivity index (χ4n) is 2.18. The molecule has 0 aliphatic rings. The summed E-state index contributed by atoms with van der Waals surface area (Å²) < 4.78 is 0. The van der Waals surface area contributed by atoms with E-state index in [1.54, 1.807) is 30.3 Å². The van der Waals surface area contributed by atoms with Crippen LogP contribution >= 0.6 is 0 Å². The minimum Gasteiger partial charge on any atom is -0.261 e. The Bertz CT molecular complexity index is 1010. The summed E-state index contributed by atoms with van der Waals surface area (Å²) in [5.41, 5.74) is 6.71. The van der Waals surface area contributed by atoms with Crippen molar-refractivity contribution in [2.24, 2.45) is 10.2 Å². The van der Waals surface area contributed by atoms with E-state index in [9.17, 15) is 20.2 Å². The lowest BCUT2D eigenvalue weighted by atomic mass is 10.2. The van der Waals surface area contributed by atoms with Crippen LogP contribution in [0.15, 0.2) is 71.0 Å². The maximum absolute atomic E-state index is 10.6. The van der Waals surface area contributed by atoms with Crippen molar-refractivity contribution in [3.8, 4) is 0 Å². The average Bonchev–Trinajstić information content (AvgIpc) is 2.75. The summed E-state index contributed by atoms with van der Waals surface area (Å²) in [6.45, 7) is 0. The van der Waals surface area contributed by atoms with Crippen LogP contribution in [0.2, 0.25) is 0 Å². The van der Waals surface area contributed by atoms with Gasteiger partial charge in [-0.1, -0.05) is 0 Å². The number of hydrogen-bond donors (Lipinski definition) is 2. The zero-order valence-electron chi connectivity index (χ0n) is 15.2. The number of hydrazone groups is 2. The Labute approximate surface area is 169 Å². The van der Waals surface area contributed by atoms with E-state index in [0.29, 0.717) is 16.9 Å². The van der Waals surface area contributed by atoms with Crippen LogP contribution in [0, 0.1) is 20.2 Å². The van der Waals surface area contributed by atoms with E-state index in [2.05, 4.69) is 31.0 Å². The van der Waals surface area contributed by atoms with Crippen LogP contribution in [0.4, 0.5) is 23.1 Å². The predicted molar refractivity (Wildman–Crippen MR) is 111 cm³/mol. The quantitative estimate of drug-likeness (QED) is 0.327. The maximum Gasteiger partial charge on any atom is 0.269 e. The molecule has 0 atom stereocenters. The zero-order valence-corrected chi connectivity index (χ0v) is 15.2. The number of rotatable bonds is 8. The van der Waals surface area contributed by atoms with E-state index in [1.165, 1.54) is 42.9 Å². The lowest BCUT2D eigenvalue weighted by molar-refractivity contribution is -0.385. The van der Waals surface area contributed by atoms with Gasteiger partial charge in [-0.15, -0.1) is 0 Å². The van der Waals surface area contributed by atoms with Crippen molar-refractivity contribution in [3.05, 3.63) is 92.1 Å². The lowest BCUT2D eigenvalue weighted by Crippen LogP contribution is -2.00. The molecule has 0 aliphatic heterocycles. The second kappa shape index (κ2) is 9.45. The number of nitrogens with one attached hydrogen (secondary N) is 2. The zero-order chi connectivity index (χ0) is 21.3. The first kappa shape index (κ1) is 20.0. The maximum atomic E-state index is 10.6. The molecule has 3 rings (SSSR count). The van der Waals surface area contributed by atoms with Crippen LogP contribution in [-0.2, 0) is 0 Å². The first-order valence-corrected chi connectivity index (χ1v) is 8.41. The number of non-ortho nitro benzene ring substituents is 2. The summed E-state index contributed by atoms with van der Waals surface area (Å²) in [6, 6.07) is 13.4. The molecule has 0 fully saturated rings. The van der Waals surface area contributed by atoms with Gasteiger partial charge in [0.2, 0.25) is 5.95 Å². The Morgan fingerprint density at radius 2 is 1.27 bits per heavy atom. The molecule has 0 bridgehead atoms. The monoisotopic (exact) mass is 406 g/mol. The van der Waals surface area contributed by atoms with E-state index in [1.807, 2.05) is 0 Å². The third-order valence-corrected chi connectivity index (χ3v) is 3.63. The number of hydrogen-bond acceptors (Lipinski definition) is 10.